The number of carbonyl (C=O) groups is 1. The number of hydrogen-bond donors (Lipinski definition) is 1. The molecule has 0 radical (unpaired) electrons. The number of benzene rings is 1. The summed E-state index contributed by atoms with van der Waals surface area (Å²) in [5.74, 6) is -0.631. The number of sulfonamides is 1. The summed E-state index contributed by atoms with van der Waals surface area (Å²) in [6.07, 6.45) is 1.33. The summed E-state index contributed by atoms with van der Waals surface area (Å²) in [6, 6.07) is 8.29. The van der Waals surface area contributed by atoms with Gasteiger partial charge in [-0.1, -0.05) is 18.2 Å². The monoisotopic (exact) mass is 312 g/mol. The average Bonchev–Trinajstić information content (AvgIpc) is 2.53. The zero-order valence-electron chi connectivity index (χ0n) is 12.0. The Kier molecular flexibility index (Phi) is 5.33. The summed E-state index contributed by atoms with van der Waals surface area (Å²) in [7, 11) is -3.54. The minimum atomic E-state index is -3.54. The van der Waals surface area contributed by atoms with Crippen LogP contribution in [0.25, 0.3) is 0 Å². The summed E-state index contributed by atoms with van der Waals surface area (Å²) < 4.78 is 26.4. The average molecular weight is 312 g/mol. The Morgan fingerprint density at radius 1 is 1.38 bits per heavy atom. The van der Waals surface area contributed by atoms with Gasteiger partial charge < -0.3 is 0 Å². The molecular formula is C14H20N2O4S. The first-order chi connectivity index (χ1) is 10.1. The molecule has 116 valence electrons. The molecule has 0 aromatic heterocycles. The standard InChI is InChI=1S/C14H20N2O4S/c1-2-20-15-14(17)12-7-6-10-16(11-12)21(18,19)13-8-4-3-5-9-13/h3-5,8-9,12H,2,6-7,10-11H2,1H3,(H,15,17). The Bertz CT molecular complexity index is 574. The molecule has 7 heteroatoms. The van der Waals surface area contributed by atoms with Crippen molar-refractivity contribution in [1.29, 1.82) is 0 Å². The molecule has 1 atom stereocenters. The van der Waals surface area contributed by atoms with E-state index >= 15 is 0 Å². The highest BCUT2D eigenvalue weighted by Crippen LogP contribution is 2.23. The van der Waals surface area contributed by atoms with Gasteiger partial charge in [0, 0.05) is 13.1 Å². The molecule has 0 aliphatic carbocycles. The van der Waals surface area contributed by atoms with E-state index in [1.807, 2.05) is 0 Å². The number of piperidine rings is 1. The van der Waals surface area contributed by atoms with Crippen molar-refractivity contribution in [2.75, 3.05) is 19.7 Å². The maximum absolute atomic E-state index is 12.5. The molecule has 1 heterocycles. The highest BCUT2D eigenvalue weighted by molar-refractivity contribution is 7.89. The van der Waals surface area contributed by atoms with E-state index in [4.69, 9.17) is 4.84 Å². The molecule has 0 saturated carbocycles. The number of rotatable bonds is 5. The van der Waals surface area contributed by atoms with Gasteiger partial charge in [-0.3, -0.25) is 9.63 Å². The van der Waals surface area contributed by atoms with Gasteiger partial charge in [-0.2, -0.15) is 4.31 Å². The Morgan fingerprint density at radius 2 is 2.10 bits per heavy atom. The molecule has 1 aromatic carbocycles. The summed E-state index contributed by atoms with van der Waals surface area (Å²) in [5, 5.41) is 0. The topological polar surface area (TPSA) is 75.7 Å². The molecule has 0 spiro atoms. The quantitative estimate of drug-likeness (QED) is 0.828. The van der Waals surface area contributed by atoms with Crippen molar-refractivity contribution in [2.24, 2.45) is 5.92 Å². The molecule has 1 amide bonds. The van der Waals surface area contributed by atoms with Crippen LogP contribution in [0.15, 0.2) is 35.2 Å². The second-order valence-corrected chi connectivity index (χ2v) is 6.85. The summed E-state index contributed by atoms with van der Waals surface area (Å²) >= 11 is 0. The highest BCUT2D eigenvalue weighted by atomic mass is 32.2. The smallest absolute Gasteiger partial charge is 0.247 e. The molecule has 21 heavy (non-hydrogen) atoms. The van der Waals surface area contributed by atoms with E-state index < -0.39 is 10.0 Å². The largest absolute Gasteiger partial charge is 0.274 e. The summed E-state index contributed by atoms with van der Waals surface area (Å²) in [5.41, 5.74) is 2.35. The lowest BCUT2D eigenvalue weighted by atomic mass is 9.99. The molecule has 1 fully saturated rings. The van der Waals surface area contributed by atoms with E-state index in [9.17, 15) is 13.2 Å². The van der Waals surface area contributed by atoms with Gasteiger partial charge in [0.15, 0.2) is 0 Å². The first-order valence-corrected chi connectivity index (χ1v) is 8.46. The Labute approximate surface area is 125 Å². The van der Waals surface area contributed by atoms with Crippen molar-refractivity contribution in [3.63, 3.8) is 0 Å². The third-order valence-corrected chi connectivity index (χ3v) is 5.33. The number of hydrogen-bond acceptors (Lipinski definition) is 4. The summed E-state index contributed by atoms with van der Waals surface area (Å²) in [4.78, 5) is 17.1. The number of hydroxylamine groups is 1. The molecular weight excluding hydrogens is 292 g/mol. The normalized spacial score (nSPS) is 20.1. The predicted molar refractivity (Wildman–Crippen MR) is 77.7 cm³/mol. The van der Waals surface area contributed by atoms with Crippen molar-refractivity contribution >= 4 is 15.9 Å². The first-order valence-electron chi connectivity index (χ1n) is 7.02. The van der Waals surface area contributed by atoms with Gasteiger partial charge in [0.05, 0.1) is 17.4 Å². The Balaban J connectivity index is 2.09. The molecule has 1 unspecified atom stereocenters. The molecule has 0 bridgehead atoms. The van der Waals surface area contributed by atoms with Crippen molar-refractivity contribution in [2.45, 2.75) is 24.7 Å². The van der Waals surface area contributed by atoms with Crippen LogP contribution in [0, 0.1) is 5.92 Å². The fourth-order valence-corrected chi connectivity index (χ4v) is 3.89. The van der Waals surface area contributed by atoms with E-state index in [1.165, 1.54) is 4.31 Å². The van der Waals surface area contributed by atoms with E-state index in [1.54, 1.807) is 37.3 Å². The second kappa shape index (κ2) is 7.02. The maximum atomic E-state index is 12.5. The van der Waals surface area contributed by atoms with Gasteiger partial charge in [-0.05, 0) is 31.9 Å². The molecule has 1 aliphatic heterocycles. The van der Waals surface area contributed by atoms with Crippen LogP contribution in [0.3, 0.4) is 0 Å². The van der Waals surface area contributed by atoms with Gasteiger partial charge in [0.25, 0.3) is 0 Å². The van der Waals surface area contributed by atoms with Crippen molar-refractivity contribution in [3.8, 4) is 0 Å². The van der Waals surface area contributed by atoms with Crippen LogP contribution in [0.5, 0.6) is 0 Å². The van der Waals surface area contributed by atoms with E-state index in [0.717, 1.165) is 0 Å². The van der Waals surface area contributed by atoms with E-state index in [0.29, 0.717) is 26.0 Å². The van der Waals surface area contributed by atoms with Crippen molar-refractivity contribution in [3.05, 3.63) is 30.3 Å². The SMILES string of the molecule is CCONC(=O)C1CCCN(S(=O)(=O)c2ccccc2)C1. The van der Waals surface area contributed by atoms with Crippen molar-refractivity contribution < 1.29 is 18.0 Å². The molecule has 6 nitrogen and oxygen atoms in total. The Morgan fingerprint density at radius 3 is 2.76 bits per heavy atom. The van der Waals surface area contributed by atoms with Crippen LogP contribution >= 0.6 is 0 Å². The molecule has 1 aliphatic rings. The van der Waals surface area contributed by atoms with Crippen LogP contribution in [0.4, 0.5) is 0 Å². The zero-order chi connectivity index (χ0) is 15.3. The first kappa shape index (κ1) is 15.9. The van der Waals surface area contributed by atoms with Gasteiger partial charge in [-0.15, -0.1) is 0 Å². The number of carbonyl (C=O) groups excluding carboxylic acids is 1. The molecule has 2 rings (SSSR count). The molecule has 1 N–H and O–H groups in total. The second-order valence-electron chi connectivity index (χ2n) is 4.91. The predicted octanol–water partition coefficient (Wildman–Crippen LogP) is 1.15. The molecule has 1 aromatic rings. The van der Waals surface area contributed by atoms with E-state index in [-0.39, 0.29) is 23.3 Å². The lowest BCUT2D eigenvalue weighted by molar-refractivity contribution is -0.138. The summed E-state index contributed by atoms with van der Waals surface area (Å²) in [6.45, 7) is 2.78. The zero-order valence-corrected chi connectivity index (χ0v) is 12.8. The Hall–Kier alpha value is -1.44. The van der Waals surface area contributed by atoms with E-state index in [2.05, 4.69) is 5.48 Å². The van der Waals surface area contributed by atoms with Gasteiger partial charge in [0.1, 0.15) is 0 Å². The van der Waals surface area contributed by atoms with Crippen LogP contribution in [0.1, 0.15) is 19.8 Å². The highest BCUT2D eigenvalue weighted by Gasteiger charge is 2.33. The third-order valence-electron chi connectivity index (χ3n) is 3.45. The maximum Gasteiger partial charge on any atom is 0.247 e. The van der Waals surface area contributed by atoms with Crippen LogP contribution in [-0.4, -0.2) is 38.3 Å². The third kappa shape index (κ3) is 3.81. The van der Waals surface area contributed by atoms with Gasteiger partial charge in [0.2, 0.25) is 15.9 Å². The van der Waals surface area contributed by atoms with Gasteiger partial charge in [-0.25, -0.2) is 13.9 Å². The lowest BCUT2D eigenvalue weighted by Gasteiger charge is -2.31. The van der Waals surface area contributed by atoms with Crippen LogP contribution < -0.4 is 5.48 Å². The fraction of sp³-hybridized carbons (Fsp3) is 0.500. The van der Waals surface area contributed by atoms with Crippen LogP contribution in [-0.2, 0) is 19.7 Å². The lowest BCUT2D eigenvalue weighted by Crippen LogP contribution is -2.45. The van der Waals surface area contributed by atoms with Crippen molar-refractivity contribution in [1.82, 2.24) is 9.79 Å². The minimum absolute atomic E-state index is 0.191. The number of nitrogens with zero attached hydrogens (tertiary/aromatic N) is 1. The van der Waals surface area contributed by atoms with Crippen LogP contribution in [0.2, 0.25) is 0 Å². The minimum Gasteiger partial charge on any atom is -0.274 e. The molecule has 1 saturated heterocycles. The fourth-order valence-electron chi connectivity index (χ4n) is 2.34. The number of amides is 1. The van der Waals surface area contributed by atoms with Gasteiger partial charge >= 0.3 is 0 Å². The number of nitrogens with one attached hydrogen (secondary N) is 1.